The van der Waals surface area contributed by atoms with Gasteiger partial charge in [0.15, 0.2) is 0 Å². The van der Waals surface area contributed by atoms with Gasteiger partial charge in [0.1, 0.15) is 0 Å². The summed E-state index contributed by atoms with van der Waals surface area (Å²) in [5, 5.41) is 7.41. The standard InChI is InChI=1S/C23H26ClF3N6/c24-19-6-4-16(5-7-19)8-11-33(15-17-2-1-3-18(14-17)23(25,26)27)20-9-12-32(13-10-20)22-29-21(28)30-31-22/h1-7,14,20H,8-13,15H2,(H3,28,29,30,31). The maximum atomic E-state index is 13.2. The maximum absolute atomic E-state index is 13.2. The SMILES string of the molecule is Nc1n[nH]c(N2CCC(N(CCc3ccc(Cl)cc3)Cc3cccc(C(F)(F)F)c3)CC2)n1. The second-order valence-corrected chi connectivity index (χ2v) is 8.72. The van der Waals surface area contributed by atoms with Crippen molar-refractivity contribution in [3.05, 3.63) is 70.2 Å². The number of nitrogens with zero attached hydrogens (tertiary/aromatic N) is 4. The Labute approximate surface area is 195 Å². The number of piperidine rings is 1. The molecule has 3 aromatic rings. The lowest BCUT2D eigenvalue weighted by Crippen LogP contribution is -2.45. The van der Waals surface area contributed by atoms with Gasteiger partial charge in [-0.2, -0.15) is 18.2 Å². The fourth-order valence-electron chi connectivity index (χ4n) is 4.25. The first-order valence-corrected chi connectivity index (χ1v) is 11.2. The maximum Gasteiger partial charge on any atom is 0.416 e. The van der Waals surface area contributed by atoms with E-state index in [9.17, 15) is 13.2 Å². The molecule has 1 aliphatic heterocycles. The zero-order valence-corrected chi connectivity index (χ0v) is 18.8. The van der Waals surface area contributed by atoms with Crippen molar-refractivity contribution < 1.29 is 13.2 Å². The van der Waals surface area contributed by atoms with Gasteiger partial charge in [0.25, 0.3) is 0 Å². The number of rotatable bonds is 7. The Bertz CT molecular complexity index is 1040. The molecule has 0 bridgehead atoms. The highest BCUT2D eigenvalue weighted by Crippen LogP contribution is 2.30. The van der Waals surface area contributed by atoms with Crippen molar-refractivity contribution in [2.24, 2.45) is 0 Å². The largest absolute Gasteiger partial charge is 0.416 e. The lowest BCUT2D eigenvalue weighted by atomic mass is 10.0. The fourth-order valence-corrected chi connectivity index (χ4v) is 4.37. The number of nitrogen functional groups attached to an aromatic ring is 1. The Morgan fingerprint density at radius 2 is 1.82 bits per heavy atom. The topological polar surface area (TPSA) is 74.1 Å². The van der Waals surface area contributed by atoms with Crippen LogP contribution in [0.4, 0.5) is 25.1 Å². The molecule has 3 N–H and O–H groups in total. The van der Waals surface area contributed by atoms with Crippen LogP contribution < -0.4 is 10.6 Å². The van der Waals surface area contributed by atoms with E-state index in [0.717, 1.165) is 50.5 Å². The van der Waals surface area contributed by atoms with Gasteiger partial charge in [-0.05, 0) is 48.6 Å². The third-order valence-corrected chi connectivity index (χ3v) is 6.26. The third kappa shape index (κ3) is 6.17. The van der Waals surface area contributed by atoms with E-state index in [2.05, 4.69) is 25.0 Å². The van der Waals surface area contributed by atoms with Crippen molar-refractivity contribution in [2.75, 3.05) is 30.3 Å². The van der Waals surface area contributed by atoms with Crippen LogP contribution in [0.15, 0.2) is 48.5 Å². The molecule has 4 rings (SSSR count). The third-order valence-electron chi connectivity index (χ3n) is 6.01. The number of alkyl halides is 3. The molecule has 2 heterocycles. The summed E-state index contributed by atoms with van der Waals surface area (Å²) in [5.41, 5.74) is 6.80. The van der Waals surface area contributed by atoms with Crippen LogP contribution in [-0.4, -0.2) is 45.8 Å². The molecule has 0 unspecified atom stereocenters. The molecule has 1 aliphatic rings. The lowest BCUT2D eigenvalue weighted by molar-refractivity contribution is -0.137. The molecule has 0 spiro atoms. The number of halogens is 4. The second-order valence-electron chi connectivity index (χ2n) is 8.28. The molecule has 176 valence electrons. The molecule has 0 aliphatic carbocycles. The Morgan fingerprint density at radius 1 is 1.09 bits per heavy atom. The number of nitrogens with one attached hydrogen (secondary N) is 1. The number of aromatic nitrogens is 3. The fraction of sp³-hybridized carbons (Fsp3) is 0.391. The minimum atomic E-state index is -4.35. The Balaban J connectivity index is 1.47. The van der Waals surface area contributed by atoms with Crippen LogP contribution in [0.5, 0.6) is 0 Å². The van der Waals surface area contributed by atoms with Gasteiger partial charge in [-0.15, -0.1) is 5.10 Å². The molecule has 1 fully saturated rings. The number of hydrogen-bond donors (Lipinski definition) is 2. The van der Waals surface area contributed by atoms with Crippen molar-refractivity contribution in [1.82, 2.24) is 20.1 Å². The van der Waals surface area contributed by atoms with Gasteiger partial charge >= 0.3 is 6.18 Å². The summed E-state index contributed by atoms with van der Waals surface area (Å²) in [7, 11) is 0. The molecule has 33 heavy (non-hydrogen) atoms. The number of benzene rings is 2. The Hall–Kier alpha value is -2.78. The van der Waals surface area contributed by atoms with Gasteiger partial charge in [0.05, 0.1) is 5.56 Å². The average Bonchev–Trinajstić information content (AvgIpc) is 3.24. The van der Waals surface area contributed by atoms with E-state index in [0.29, 0.717) is 23.1 Å². The summed E-state index contributed by atoms with van der Waals surface area (Å²) in [4.78, 5) is 8.58. The van der Waals surface area contributed by atoms with Crippen LogP contribution in [0.2, 0.25) is 5.02 Å². The highest BCUT2D eigenvalue weighted by Gasteiger charge is 2.31. The molecule has 10 heteroatoms. The molecular formula is C23H26ClF3N6. The molecule has 0 radical (unpaired) electrons. The zero-order valence-electron chi connectivity index (χ0n) is 18.0. The van der Waals surface area contributed by atoms with Gasteiger partial charge in [0.2, 0.25) is 11.9 Å². The second kappa shape index (κ2) is 10.0. The molecule has 0 atom stereocenters. The van der Waals surface area contributed by atoms with E-state index in [-0.39, 0.29) is 12.0 Å². The average molecular weight is 479 g/mol. The predicted molar refractivity (Wildman–Crippen MR) is 123 cm³/mol. The van der Waals surface area contributed by atoms with E-state index in [1.54, 1.807) is 6.07 Å². The van der Waals surface area contributed by atoms with Crippen molar-refractivity contribution >= 4 is 23.5 Å². The molecule has 0 saturated carbocycles. The van der Waals surface area contributed by atoms with Crippen LogP contribution in [0.1, 0.15) is 29.5 Å². The summed E-state index contributed by atoms with van der Waals surface area (Å²) in [6, 6.07) is 13.5. The van der Waals surface area contributed by atoms with E-state index in [1.807, 2.05) is 24.3 Å². The minimum Gasteiger partial charge on any atom is -0.366 e. The van der Waals surface area contributed by atoms with Crippen LogP contribution >= 0.6 is 11.6 Å². The van der Waals surface area contributed by atoms with E-state index in [4.69, 9.17) is 17.3 Å². The smallest absolute Gasteiger partial charge is 0.366 e. The lowest BCUT2D eigenvalue weighted by Gasteiger charge is -2.38. The van der Waals surface area contributed by atoms with E-state index >= 15 is 0 Å². The first kappa shape index (κ1) is 23.4. The highest BCUT2D eigenvalue weighted by atomic mass is 35.5. The molecule has 1 saturated heterocycles. The van der Waals surface area contributed by atoms with Gasteiger partial charge < -0.3 is 10.6 Å². The molecule has 1 aromatic heterocycles. The summed E-state index contributed by atoms with van der Waals surface area (Å²) in [6.07, 6.45) is -1.84. The monoisotopic (exact) mass is 478 g/mol. The Morgan fingerprint density at radius 3 is 2.45 bits per heavy atom. The molecule has 6 nitrogen and oxygen atoms in total. The van der Waals surface area contributed by atoms with Gasteiger partial charge in [0, 0.05) is 37.2 Å². The summed E-state index contributed by atoms with van der Waals surface area (Å²) in [5.74, 6) is 0.859. The zero-order chi connectivity index (χ0) is 23.4. The first-order valence-electron chi connectivity index (χ1n) is 10.9. The van der Waals surface area contributed by atoms with Crippen LogP contribution in [-0.2, 0) is 19.1 Å². The van der Waals surface area contributed by atoms with Gasteiger partial charge in [-0.3, -0.25) is 4.90 Å². The molecular weight excluding hydrogens is 453 g/mol. The van der Waals surface area contributed by atoms with Gasteiger partial charge in [-0.1, -0.05) is 41.9 Å². The summed E-state index contributed by atoms with van der Waals surface area (Å²) in [6.45, 7) is 2.72. The summed E-state index contributed by atoms with van der Waals surface area (Å²) >= 11 is 5.99. The van der Waals surface area contributed by atoms with E-state index in [1.165, 1.54) is 12.1 Å². The number of anilines is 2. The minimum absolute atomic E-state index is 0.210. The van der Waals surface area contributed by atoms with E-state index < -0.39 is 11.7 Å². The van der Waals surface area contributed by atoms with Crippen molar-refractivity contribution in [1.29, 1.82) is 0 Å². The summed E-state index contributed by atoms with van der Waals surface area (Å²) < 4.78 is 39.6. The normalized spacial score (nSPS) is 15.4. The molecule has 2 aromatic carbocycles. The molecule has 0 amide bonds. The highest BCUT2D eigenvalue weighted by molar-refractivity contribution is 6.30. The van der Waals surface area contributed by atoms with Crippen molar-refractivity contribution in [3.63, 3.8) is 0 Å². The first-order chi connectivity index (χ1) is 15.8. The Kier molecular flexibility index (Phi) is 7.09. The van der Waals surface area contributed by atoms with Gasteiger partial charge in [-0.25, -0.2) is 5.10 Å². The number of nitrogens with two attached hydrogens (primary N) is 1. The number of aromatic amines is 1. The van der Waals surface area contributed by atoms with Crippen molar-refractivity contribution in [2.45, 2.75) is 38.0 Å². The quantitative estimate of drug-likeness (QED) is 0.511. The number of H-pyrrole nitrogens is 1. The van der Waals surface area contributed by atoms with Crippen LogP contribution in [0.3, 0.4) is 0 Å². The predicted octanol–water partition coefficient (Wildman–Crippen LogP) is 4.77. The van der Waals surface area contributed by atoms with Crippen LogP contribution in [0, 0.1) is 0 Å². The van der Waals surface area contributed by atoms with Crippen LogP contribution in [0.25, 0.3) is 0 Å². The van der Waals surface area contributed by atoms with Crippen molar-refractivity contribution in [3.8, 4) is 0 Å². The number of hydrogen-bond acceptors (Lipinski definition) is 5.